The number of aliphatic hydroxyl groups excluding tert-OH is 3. The number of halogens is 1. The van der Waals surface area contributed by atoms with Crippen molar-refractivity contribution in [2.45, 2.75) is 24.5 Å². The minimum absolute atomic E-state index is 0.136. The number of imidazole rings is 1. The highest BCUT2D eigenvalue weighted by Gasteiger charge is 2.44. The number of aliphatic hydroxyl groups is 3. The first kappa shape index (κ1) is 13.6. The Hall–Kier alpha value is -1.33. The fraction of sp³-hybridized carbons (Fsp3) is 0.500. The van der Waals surface area contributed by atoms with Gasteiger partial charge in [0, 0.05) is 0 Å². The lowest BCUT2D eigenvalue weighted by atomic mass is 10.1. The molecule has 3 rings (SSSR count). The summed E-state index contributed by atoms with van der Waals surface area (Å²) in [5, 5.41) is 38.5. The van der Waals surface area contributed by atoms with Gasteiger partial charge in [0.2, 0.25) is 5.88 Å². The molecule has 1 aliphatic heterocycles. The fourth-order valence-corrected chi connectivity index (χ4v) is 2.74. The Labute approximate surface area is 120 Å². The normalized spacial score (nSPS) is 30.2. The van der Waals surface area contributed by atoms with E-state index in [2.05, 4.69) is 30.9 Å². The molecule has 2 aromatic heterocycles. The largest absolute Gasteiger partial charge is 0.492 e. The van der Waals surface area contributed by atoms with Crippen molar-refractivity contribution in [1.82, 2.24) is 19.5 Å². The lowest BCUT2D eigenvalue weighted by molar-refractivity contribution is -0.0521. The van der Waals surface area contributed by atoms with Gasteiger partial charge in [-0.05, 0) is 15.9 Å². The summed E-state index contributed by atoms with van der Waals surface area (Å²) < 4.78 is 7.03. The van der Waals surface area contributed by atoms with Crippen LogP contribution in [-0.4, -0.2) is 64.9 Å². The van der Waals surface area contributed by atoms with Crippen molar-refractivity contribution in [1.29, 1.82) is 0 Å². The summed E-state index contributed by atoms with van der Waals surface area (Å²) in [6.45, 7) is -0.431. The number of aromatic nitrogens is 4. The van der Waals surface area contributed by atoms with E-state index < -0.39 is 31.1 Å². The van der Waals surface area contributed by atoms with E-state index in [1.807, 2.05) is 0 Å². The van der Waals surface area contributed by atoms with Crippen LogP contribution in [0.25, 0.3) is 11.2 Å². The van der Waals surface area contributed by atoms with E-state index in [4.69, 9.17) is 9.84 Å². The van der Waals surface area contributed by atoms with E-state index >= 15 is 0 Å². The van der Waals surface area contributed by atoms with Crippen LogP contribution in [0.1, 0.15) is 6.23 Å². The summed E-state index contributed by atoms with van der Waals surface area (Å²) in [5.74, 6) is -0.304. The zero-order chi connectivity index (χ0) is 14.4. The zero-order valence-electron chi connectivity index (χ0n) is 9.96. The highest BCUT2D eigenvalue weighted by molar-refractivity contribution is 9.10. The van der Waals surface area contributed by atoms with Gasteiger partial charge in [-0.15, -0.1) is 0 Å². The molecule has 1 fully saturated rings. The van der Waals surface area contributed by atoms with Crippen LogP contribution in [0.15, 0.2) is 11.1 Å². The maximum absolute atomic E-state index is 10.0. The SMILES string of the molecule is OC[C@H]1O[C@@H](n2c(Br)nc3c(O)ncnc32)[C@H](O)[C@@H]1O. The van der Waals surface area contributed by atoms with Crippen molar-refractivity contribution in [3.05, 3.63) is 11.1 Å². The fourth-order valence-electron chi connectivity index (χ4n) is 2.19. The summed E-state index contributed by atoms with van der Waals surface area (Å²) in [6.07, 6.45) is -3.25. The Kier molecular flexibility index (Phi) is 3.34. The molecule has 0 saturated carbocycles. The second-order valence-corrected chi connectivity index (χ2v) is 5.06. The molecule has 3 heterocycles. The first-order chi connectivity index (χ1) is 9.54. The molecule has 108 valence electrons. The number of fused-ring (bicyclic) bond motifs is 1. The molecule has 0 spiro atoms. The molecule has 2 aromatic rings. The van der Waals surface area contributed by atoms with Crippen molar-refractivity contribution in [3.8, 4) is 5.88 Å². The Morgan fingerprint density at radius 1 is 1.30 bits per heavy atom. The van der Waals surface area contributed by atoms with Gasteiger partial charge in [0.15, 0.2) is 22.1 Å². The molecule has 1 aliphatic rings. The predicted octanol–water partition coefficient (Wildman–Crippen LogP) is -1.09. The second-order valence-electron chi connectivity index (χ2n) is 4.35. The van der Waals surface area contributed by atoms with E-state index in [9.17, 15) is 15.3 Å². The molecular weight excluding hydrogens is 336 g/mol. The molecule has 0 aliphatic carbocycles. The first-order valence-corrected chi connectivity index (χ1v) is 6.53. The smallest absolute Gasteiger partial charge is 0.242 e. The molecule has 0 radical (unpaired) electrons. The lowest BCUT2D eigenvalue weighted by Gasteiger charge is -2.17. The number of nitrogens with zero attached hydrogens (tertiary/aromatic N) is 4. The quantitative estimate of drug-likeness (QED) is 0.504. The Morgan fingerprint density at radius 2 is 2.05 bits per heavy atom. The van der Waals surface area contributed by atoms with E-state index in [1.165, 1.54) is 4.57 Å². The maximum Gasteiger partial charge on any atom is 0.242 e. The minimum atomic E-state index is -1.27. The Bertz CT molecular complexity index is 650. The van der Waals surface area contributed by atoms with E-state index in [1.54, 1.807) is 0 Å². The molecular formula is C10H11BrN4O5. The standard InChI is InChI=1S/C10H11BrN4O5/c11-10-14-4-7(12-2-13-8(4)19)15(10)9-6(18)5(17)3(1-16)20-9/h2-3,5-6,9,16-18H,1H2,(H,12,13,19)/t3-,5-,6-,9-/m1/s1. The molecule has 0 aromatic carbocycles. The third-order valence-electron chi connectivity index (χ3n) is 3.19. The summed E-state index contributed by atoms with van der Waals surface area (Å²) in [4.78, 5) is 11.6. The van der Waals surface area contributed by atoms with Crippen LogP contribution in [0.2, 0.25) is 0 Å². The van der Waals surface area contributed by atoms with Gasteiger partial charge in [-0.2, -0.15) is 4.98 Å². The van der Waals surface area contributed by atoms with Crippen molar-refractivity contribution < 1.29 is 25.2 Å². The maximum atomic E-state index is 10.0. The van der Waals surface area contributed by atoms with Crippen LogP contribution in [0.3, 0.4) is 0 Å². The van der Waals surface area contributed by atoms with E-state index in [0.29, 0.717) is 0 Å². The van der Waals surface area contributed by atoms with Gasteiger partial charge >= 0.3 is 0 Å². The van der Waals surface area contributed by atoms with Crippen molar-refractivity contribution in [2.24, 2.45) is 0 Å². The topological polar surface area (TPSA) is 134 Å². The monoisotopic (exact) mass is 346 g/mol. The van der Waals surface area contributed by atoms with Gasteiger partial charge in [-0.1, -0.05) is 0 Å². The minimum Gasteiger partial charge on any atom is -0.492 e. The summed E-state index contributed by atoms with van der Waals surface area (Å²) in [5.41, 5.74) is 0.372. The third-order valence-corrected chi connectivity index (χ3v) is 3.75. The lowest BCUT2D eigenvalue weighted by Crippen LogP contribution is -2.33. The molecule has 20 heavy (non-hydrogen) atoms. The van der Waals surface area contributed by atoms with Crippen LogP contribution in [0.4, 0.5) is 0 Å². The van der Waals surface area contributed by atoms with Crippen molar-refractivity contribution in [3.63, 3.8) is 0 Å². The van der Waals surface area contributed by atoms with Crippen LogP contribution < -0.4 is 0 Å². The number of hydrogen-bond acceptors (Lipinski definition) is 8. The van der Waals surface area contributed by atoms with Gasteiger partial charge in [-0.3, -0.25) is 4.57 Å². The van der Waals surface area contributed by atoms with Crippen LogP contribution >= 0.6 is 15.9 Å². The van der Waals surface area contributed by atoms with Crippen molar-refractivity contribution >= 4 is 27.1 Å². The predicted molar refractivity (Wildman–Crippen MR) is 67.7 cm³/mol. The molecule has 4 atom stereocenters. The average Bonchev–Trinajstić information content (AvgIpc) is 2.90. The molecule has 4 N–H and O–H groups in total. The number of aromatic hydroxyl groups is 1. The van der Waals surface area contributed by atoms with Gasteiger partial charge < -0.3 is 25.2 Å². The summed E-state index contributed by atoms with van der Waals surface area (Å²) >= 11 is 3.18. The highest BCUT2D eigenvalue weighted by Crippen LogP contribution is 2.35. The number of hydrogen-bond donors (Lipinski definition) is 4. The molecule has 0 bridgehead atoms. The molecule has 9 nitrogen and oxygen atoms in total. The zero-order valence-corrected chi connectivity index (χ0v) is 11.5. The number of ether oxygens (including phenoxy) is 1. The molecule has 0 amide bonds. The Balaban J connectivity index is 2.11. The first-order valence-electron chi connectivity index (χ1n) is 5.74. The van der Waals surface area contributed by atoms with Gasteiger partial charge in [0.25, 0.3) is 0 Å². The summed E-state index contributed by atoms with van der Waals surface area (Å²) in [7, 11) is 0. The Morgan fingerprint density at radius 3 is 2.70 bits per heavy atom. The van der Waals surface area contributed by atoms with Crippen LogP contribution in [0.5, 0.6) is 5.88 Å². The van der Waals surface area contributed by atoms with Crippen LogP contribution in [0, 0.1) is 0 Å². The van der Waals surface area contributed by atoms with Crippen molar-refractivity contribution in [2.75, 3.05) is 6.61 Å². The highest BCUT2D eigenvalue weighted by atomic mass is 79.9. The van der Waals surface area contributed by atoms with Gasteiger partial charge in [0.05, 0.1) is 6.61 Å². The summed E-state index contributed by atoms with van der Waals surface area (Å²) in [6, 6.07) is 0. The average molecular weight is 347 g/mol. The second kappa shape index (κ2) is 4.90. The number of rotatable bonds is 2. The van der Waals surface area contributed by atoms with Gasteiger partial charge in [-0.25, -0.2) is 9.97 Å². The third kappa shape index (κ3) is 1.88. The van der Waals surface area contributed by atoms with E-state index in [-0.39, 0.29) is 21.8 Å². The van der Waals surface area contributed by atoms with Gasteiger partial charge in [0.1, 0.15) is 24.6 Å². The molecule has 10 heteroatoms. The molecule has 0 unspecified atom stereocenters. The van der Waals surface area contributed by atoms with Crippen LogP contribution in [-0.2, 0) is 4.74 Å². The molecule has 1 saturated heterocycles. The van der Waals surface area contributed by atoms with E-state index in [0.717, 1.165) is 6.33 Å².